The Balaban J connectivity index is 1.71. The molecular weight excluding hydrogens is 328 g/mol. The molecule has 4 rings (SSSR count). The van der Waals surface area contributed by atoms with E-state index in [1.807, 2.05) is 72.1 Å². The van der Waals surface area contributed by atoms with Crippen LogP contribution >= 0.6 is 0 Å². The summed E-state index contributed by atoms with van der Waals surface area (Å²) in [5.74, 6) is 0.236. The van der Waals surface area contributed by atoms with Crippen molar-refractivity contribution >= 4 is 33.9 Å². The van der Waals surface area contributed by atoms with E-state index in [1.165, 1.54) is 0 Å². The molecule has 0 unspecified atom stereocenters. The van der Waals surface area contributed by atoms with E-state index in [9.17, 15) is 9.90 Å². The number of aryl methyl sites for hydroxylation is 1. The van der Waals surface area contributed by atoms with Crippen LogP contribution in [0.4, 0.5) is 11.4 Å². The molecule has 0 aliphatic carbocycles. The number of rotatable bonds is 3. The zero-order valence-electron chi connectivity index (χ0n) is 14.7. The van der Waals surface area contributed by atoms with E-state index in [1.54, 1.807) is 0 Å². The zero-order chi connectivity index (χ0) is 18.3. The second-order valence-corrected chi connectivity index (χ2v) is 6.55. The van der Waals surface area contributed by atoms with Crippen molar-refractivity contribution < 1.29 is 9.90 Å². The molecule has 6 nitrogen and oxygen atoms in total. The maximum Gasteiger partial charge on any atom is 0.262 e. The highest BCUT2D eigenvalue weighted by atomic mass is 16.3. The van der Waals surface area contributed by atoms with Crippen molar-refractivity contribution in [2.45, 2.75) is 13.0 Å². The molecule has 0 fully saturated rings. The molecule has 2 N–H and O–H groups in total. The van der Waals surface area contributed by atoms with E-state index in [2.05, 4.69) is 10.3 Å². The molecule has 0 spiro atoms. The van der Waals surface area contributed by atoms with E-state index >= 15 is 0 Å². The molecule has 0 radical (unpaired) electrons. The number of fused-ring (bicyclic) bond motifs is 3. The van der Waals surface area contributed by atoms with E-state index in [-0.39, 0.29) is 17.2 Å². The van der Waals surface area contributed by atoms with Gasteiger partial charge in [0.1, 0.15) is 17.2 Å². The topological polar surface area (TPSA) is 70.4 Å². The third kappa shape index (κ3) is 2.69. The van der Waals surface area contributed by atoms with Crippen molar-refractivity contribution in [3.05, 3.63) is 60.1 Å². The van der Waals surface area contributed by atoms with Crippen LogP contribution in [0.5, 0.6) is 0 Å². The number of carbonyl (C=O) groups is 1. The predicted molar refractivity (Wildman–Crippen MR) is 103 cm³/mol. The maximum atomic E-state index is 12.9. The van der Waals surface area contributed by atoms with Crippen molar-refractivity contribution in [3.63, 3.8) is 0 Å². The Hall–Kier alpha value is -3.28. The van der Waals surface area contributed by atoms with Gasteiger partial charge in [-0.2, -0.15) is 0 Å². The van der Waals surface area contributed by atoms with Gasteiger partial charge in [0.05, 0.1) is 11.0 Å². The number of aromatic nitrogens is 2. The average Bonchev–Trinajstić information content (AvgIpc) is 3.00. The summed E-state index contributed by atoms with van der Waals surface area (Å²) in [5, 5.41) is 13.3. The fourth-order valence-corrected chi connectivity index (χ4v) is 3.25. The van der Waals surface area contributed by atoms with Gasteiger partial charge in [-0.3, -0.25) is 4.79 Å². The van der Waals surface area contributed by atoms with Crippen LogP contribution in [0.25, 0.3) is 16.6 Å². The van der Waals surface area contributed by atoms with Gasteiger partial charge in [0.25, 0.3) is 5.91 Å². The monoisotopic (exact) mass is 348 g/mol. The third-order valence-electron chi connectivity index (χ3n) is 4.59. The highest BCUT2D eigenvalue weighted by Crippen LogP contribution is 2.30. The number of carbonyl (C=O) groups excluding carboxylic acids is 1. The summed E-state index contributed by atoms with van der Waals surface area (Å²) in [6.45, 7) is 0.606. The van der Waals surface area contributed by atoms with Gasteiger partial charge in [-0.05, 0) is 30.3 Å². The number of imidazole rings is 1. The first-order chi connectivity index (χ1) is 12.5. The fourth-order valence-electron chi connectivity index (χ4n) is 3.25. The molecule has 0 atom stereocenters. The summed E-state index contributed by atoms with van der Waals surface area (Å²) in [7, 11) is 3.89. The summed E-state index contributed by atoms with van der Waals surface area (Å²) in [5.41, 5.74) is 3.68. The normalized spacial score (nSPS) is 13.6. The van der Waals surface area contributed by atoms with Crippen molar-refractivity contribution in [3.8, 4) is 0 Å². The molecule has 1 aliphatic heterocycles. The van der Waals surface area contributed by atoms with Gasteiger partial charge in [-0.15, -0.1) is 0 Å². The minimum atomic E-state index is -0.352. The number of para-hydroxylation sites is 2. The second kappa shape index (κ2) is 6.22. The molecule has 0 saturated carbocycles. The van der Waals surface area contributed by atoms with E-state index in [0.717, 1.165) is 16.7 Å². The zero-order valence-corrected chi connectivity index (χ0v) is 14.7. The smallest absolute Gasteiger partial charge is 0.262 e. The Morgan fingerprint density at radius 1 is 1.19 bits per heavy atom. The quantitative estimate of drug-likeness (QED) is 0.761. The van der Waals surface area contributed by atoms with Gasteiger partial charge in [0, 0.05) is 38.4 Å². The van der Waals surface area contributed by atoms with Crippen LogP contribution in [0.2, 0.25) is 0 Å². The van der Waals surface area contributed by atoms with Gasteiger partial charge in [-0.25, -0.2) is 4.98 Å². The second-order valence-electron chi connectivity index (χ2n) is 6.55. The summed E-state index contributed by atoms with van der Waals surface area (Å²) in [6.07, 6.45) is 0.411. The number of hydrogen-bond donors (Lipinski definition) is 2. The van der Waals surface area contributed by atoms with Gasteiger partial charge in [0.2, 0.25) is 0 Å². The lowest BCUT2D eigenvalue weighted by Crippen LogP contribution is -2.22. The molecule has 0 saturated heterocycles. The van der Waals surface area contributed by atoms with Crippen molar-refractivity contribution in [2.75, 3.05) is 24.3 Å². The van der Waals surface area contributed by atoms with Crippen LogP contribution in [0.15, 0.2) is 54.3 Å². The van der Waals surface area contributed by atoms with E-state index < -0.39 is 0 Å². The number of allylic oxidation sites excluding steroid dienone is 1. The third-order valence-corrected chi connectivity index (χ3v) is 4.59. The Morgan fingerprint density at radius 3 is 2.81 bits per heavy atom. The fraction of sp³-hybridized carbons (Fsp3) is 0.200. The molecule has 26 heavy (non-hydrogen) atoms. The molecule has 1 amide bonds. The molecule has 132 valence electrons. The summed E-state index contributed by atoms with van der Waals surface area (Å²) >= 11 is 0. The molecule has 3 aromatic rings. The van der Waals surface area contributed by atoms with E-state index in [0.29, 0.717) is 24.5 Å². The Morgan fingerprint density at radius 2 is 2.00 bits per heavy atom. The summed E-state index contributed by atoms with van der Waals surface area (Å²) < 4.78 is 1.99. The largest absolute Gasteiger partial charge is 0.511 e. The predicted octanol–water partition coefficient (Wildman–Crippen LogP) is 3.41. The lowest BCUT2D eigenvalue weighted by atomic mass is 10.1. The van der Waals surface area contributed by atoms with Crippen molar-refractivity contribution in [1.29, 1.82) is 0 Å². The first-order valence-corrected chi connectivity index (χ1v) is 8.51. The standard InChI is InChI=1S/C20H20N4O2/c1-23(2)14-7-5-6-13(12-14)21-20(26)18-17(25)10-11-24-16-9-4-3-8-15(16)22-19(18)24/h3-9,12,25H,10-11H2,1-2H3,(H,21,26). The molecule has 2 heterocycles. The highest BCUT2D eigenvalue weighted by Gasteiger charge is 2.28. The minimum Gasteiger partial charge on any atom is -0.511 e. The van der Waals surface area contributed by atoms with Crippen LogP contribution in [-0.4, -0.2) is 34.7 Å². The van der Waals surface area contributed by atoms with Crippen LogP contribution < -0.4 is 10.2 Å². The van der Waals surface area contributed by atoms with Crippen LogP contribution in [0.3, 0.4) is 0 Å². The van der Waals surface area contributed by atoms with Gasteiger partial charge in [-0.1, -0.05) is 18.2 Å². The first-order valence-electron chi connectivity index (χ1n) is 8.51. The average molecular weight is 348 g/mol. The van der Waals surface area contributed by atoms with Crippen LogP contribution in [-0.2, 0) is 11.3 Å². The summed E-state index contributed by atoms with van der Waals surface area (Å²) in [6, 6.07) is 15.3. The first kappa shape index (κ1) is 16.2. The van der Waals surface area contributed by atoms with Crippen molar-refractivity contribution in [1.82, 2.24) is 9.55 Å². The number of nitrogens with one attached hydrogen (secondary N) is 1. The van der Waals surface area contributed by atoms with Crippen molar-refractivity contribution in [2.24, 2.45) is 0 Å². The maximum absolute atomic E-state index is 12.9. The molecule has 1 aromatic heterocycles. The summed E-state index contributed by atoms with van der Waals surface area (Å²) in [4.78, 5) is 19.4. The number of hydrogen-bond acceptors (Lipinski definition) is 4. The van der Waals surface area contributed by atoms with Gasteiger partial charge in [0.15, 0.2) is 0 Å². The lowest BCUT2D eigenvalue weighted by molar-refractivity contribution is -0.111. The number of amides is 1. The Labute approximate surface area is 151 Å². The van der Waals surface area contributed by atoms with Gasteiger partial charge < -0.3 is 19.9 Å². The number of benzene rings is 2. The van der Waals surface area contributed by atoms with E-state index in [4.69, 9.17) is 0 Å². The number of aliphatic hydroxyl groups is 1. The van der Waals surface area contributed by atoms with Crippen LogP contribution in [0.1, 0.15) is 12.2 Å². The number of anilines is 2. The minimum absolute atomic E-state index is 0.0778. The number of nitrogens with zero attached hydrogens (tertiary/aromatic N) is 3. The lowest BCUT2D eigenvalue weighted by Gasteiger charge is -2.19. The molecule has 0 bridgehead atoms. The molecule has 1 aliphatic rings. The SMILES string of the molecule is CN(C)c1cccc(NC(=O)C2=C(O)CCn3c2nc2ccccc23)c1. The molecular formula is C20H20N4O2. The highest BCUT2D eigenvalue weighted by molar-refractivity contribution is 6.25. The Bertz CT molecular complexity index is 1030. The number of aliphatic hydroxyl groups excluding tert-OH is 1. The molecule has 2 aromatic carbocycles. The van der Waals surface area contributed by atoms with Gasteiger partial charge >= 0.3 is 0 Å². The van der Waals surface area contributed by atoms with Crippen LogP contribution in [0, 0.1) is 0 Å². The molecule has 6 heteroatoms. The Kier molecular flexibility index (Phi) is 3.88.